The Morgan fingerprint density at radius 3 is 2.19 bits per heavy atom. The van der Waals surface area contributed by atoms with Gasteiger partial charge in [0.2, 0.25) is 0 Å². The lowest BCUT2D eigenvalue weighted by Crippen LogP contribution is -2.15. The van der Waals surface area contributed by atoms with Crippen molar-refractivity contribution < 1.29 is 0 Å². The molecule has 2 heterocycles. The molecule has 0 amide bonds. The van der Waals surface area contributed by atoms with Crippen molar-refractivity contribution in [2.75, 3.05) is 10.6 Å². The largest absolute Gasteiger partial charge is 0.360 e. The number of hydrogen-bond acceptors (Lipinski definition) is 3. The van der Waals surface area contributed by atoms with Crippen molar-refractivity contribution in [2.45, 2.75) is 58.5 Å². The first-order valence-corrected chi connectivity index (χ1v) is 11.4. The molecule has 1 aromatic heterocycles. The van der Waals surface area contributed by atoms with E-state index in [1.165, 1.54) is 22.3 Å². The van der Waals surface area contributed by atoms with Crippen LogP contribution in [0.15, 0.2) is 60.7 Å². The summed E-state index contributed by atoms with van der Waals surface area (Å²) in [5, 5.41) is 7.30. The average Bonchev–Trinajstić information content (AvgIpc) is 3.36. The van der Waals surface area contributed by atoms with E-state index in [2.05, 4.69) is 118 Å². The summed E-state index contributed by atoms with van der Waals surface area (Å²) in [7, 11) is 0. The van der Waals surface area contributed by atoms with E-state index in [0.29, 0.717) is 0 Å². The first-order chi connectivity index (χ1) is 15.1. The SMILES string of the molecule is CC(C)(C)c1cccc(C2Nc3ccc(-c4ccc5nc(C(C)(C)C)[nH]c5c4)cc3N2)c1. The van der Waals surface area contributed by atoms with E-state index in [0.717, 1.165) is 28.2 Å². The van der Waals surface area contributed by atoms with Gasteiger partial charge >= 0.3 is 0 Å². The summed E-state index contributed by atoms with van der Waals surface area (Å²) in [5.74, 6) is 1.02. The van der Waals surface area contributed by atoms with Crippen molar-refractivity contribution in [3.05, 3.63) is 77.6 Å². The Morgan fingerprint density at radius 2 is 1.44 bits per heavy atom. The van der Waals surface area contributed by atoms with Gasteiger partial charge in [-0.25, -0.2) is 4.98 Å². The molecule has 0 fully saturated rings. The minimum Gasteiger partial charge on any atom is -0.360 e. The number of nitrogens with one attached hydrogen (secondary N) is 3. The van der Waals surface area contributed by atoms with Crippen LogP contribution in [0.4, 0.5) is 11.4 Å². The standard InChI is InChI=1S/C28H32N4/c1-27(2,3)20-9-7-8-19(14-20)25-29-21-12-10-17(15-23(21)30-25)18-11-13-22-24(16-18)32-26(31-22)28(4,5)6/h7-16,25,29-30H,1-6H3,(H,31,32). The highest BCUT2D eigenvalue weighted by Crippen LogP contribution is 2.39. The average molecular weight is 425 g/mol. The minimum atomic E-state index is 0.00164. The zero-order valence-corrected chi connectivity index (χ0v) is 19.8. The van der Waals surface area contributed by atoms with Crippen molar-refractivity contribution in [2.24, 2.45) is 0 Å². The van der Waals surface area contributed by atoms with Crippen molar-refractivity contribution in [3.8, 4) is 11.1 Å². The predicted octanol–water partition coefficient (Wildman–Crippen LogP) is 7.36. The highest BCUT2D eigenvalue weighted by molar-refractivity contribution is 5.86. The fraction of sp³-hybridized carbons (Fsp3) is 0.321. The van der Waals surface area contributed by atoms with Gasteiger partial charge in [0, 0.05) is 5.41 Å². The third-order valence-electron chi connectivity index (χ3n) is 6.23. The van der Waals surface area contributed by atoms with Crippen LogP contribution in [0.25, 0.3) is 22.2 Å². The van der Waals surface area contributed by atoms with E-state index in [4.69, 9.17) is 4.98 Å². The summed E-state index contributed by atoms with van der Waals surface area (Å²) in [6.07, 6.45) is 0.0759. The van der Waals surface area contributed by atoms with Gasteiger partial charge in [-0.05, 0) is 51.9 Å². The highest BCUT2D eigenvalue weighted by Gasteiger charge is 2.23. The molecule has 4 heteroatoms. The lowest BCUT2D eigenvalue weighted by molar-refractivity contribution is 0.554. The maximum absolute atomic E-state index is 4.77. The summed E-state index contributed by atoms with van der Waals surface area (Å²) in [6.45, 7) is 13.3. The second-order valence-corrected chi connectivity index (χ2v) is 10.9. The van der Waals surface area contributed by atoms with Crippen molar-refractivity contribution in [1.82, 2.24) is 9.97 Å². The van der Waals surface area contributed by atoms with Crippen LogP contribution in [-0.4, -0.2) is 9.97 Å². The lowest BCUT2D eigenvalue weighted by atomic mass is 9.86. The molecular formula is C28H32N4. The molecule has 4 aromatic rings. The Balaban J connectivity index is 1.43. The fourth-order valence-corrected chi connectivity index (χ4v) is 4.21. The number of fused-ring (bicyclic) bond motifs is 2. The van der Waals surface area contributed by atoms with Crippen LogP contribution in [0.5, 0.6) is 0 Å². The second kappa shape index (κ2) is 7.13. The Kier molecular flexibility index (Phi) is 4.59. The molecule has 164 valence electrons. The second-order valence-electron chi connectivity index (χ2n) is 10.9. The molecule has 1 aliphatic rings. The number of hydrogen-bond donors (Lipinski definition) is 3. The van der Waals surface area contributed by atoms with Crippen LogP contribution in [0.3, 0.4) is 0 Å². The van der Waals surface area contributed by atoms with Crippen LogP contribution in [0.1, 0.15) is 64.7 Å². The Labute approximate surface area is 190 Å². The van der Waals surface area contributed by atoms with E-state index in [-0.39, 0.29) is 17.0 Å². The van der Waals surface area contributed by atoms with Gasteiger partial charge in [-0.2, -0.15) is 0 Å². The zero-order chi connectivity index (χ0) is 22.7. The van der Waals surface area contributed by atoms with Crippen LogP contribution in [-0.2, 0) is 10.8 Å². The van der Waals surface area contributed by atoms with Gasteiger partial charge in [0.1, 0.15) is 12.0 Å². The molecule has 0 aliphatic carbocycles. The van der Waals surface area contributed by atoms with Crippen LogP contribution >= 0.6 is 0 Å². The van der Waals surface area contributed by atoms with Crippen molar-refractivity contribution >= 4 is 22.4 Å². The molecule has 0 saturated heterocycles. The molecule has 1 atom stereocenters. The lowest BCUT2D eigenvalue weighted by Gasteiger charge is -2.21. The van der Waals surface area contributed by atoms with Crippen molar-refractivity contribution in [3.63, 3.8) is 0 Å². The molecule has 0 bridgehead atoms. The number of anilines is 2. The Hall–Kier alpha value is -3.27. The summed E-state index contributed by atoms with van der Waals surface area (Å²) in [6, 6.07) is 21.9. The number of rotatable bonds is 2. The van der Waals surface area contributed by atoms with E-state index in [1.54, 1.807) is 0 Å². The topological polar surface area (TPSA) is 52.7 Å². The quantitative estimate of drug-likeness (QED) is 0.315. The summed E-state index contributed by atoms with van der Waals surface area (Å²) in [5.41, 5.74) is 9.47. The Morgan fingerprint density at radius 1 is 0.719 bits per heavy atom. The molecule has 1 unspecified atom stereocenters. The molecule has 5 rings (SSSR count). The van der Waals surface area contributed by atoms with Gasteiger partial charge < -0.3 is 15.6 Å². The molecule has 32 heavy (non-hydrogen) atoms. The van der Waals surface area contributed by atoms with E-state index < -0.39 is 0 Å². The first-order valence-electron chi connectivity index (χ1n) is 11.4. The summed E-state index contributed by atoms with van der Waals surface area (Å²) < 4.78 is 0. The van der Waals surface area contributed by atoms with Gasteiger partial charge in [0.05, 0.1) is 22.4 Å². The molecule has 0 spiro atoms. The van der Waals surface area contributed by atoms with Crippen LogP contribution < -0.4 is 10.6 Å². The molecule has 4 nitrogen and oxygen atoms in total. The molecular weight excluding hydrogens is 392 g/mol. The van der Waals surface area contributed by atoms with E-state index >= 15 is 0 Å². The van der Waals surface area contributed by atoms with Gasteiger partial charge in [-0.1, -0.05) is 77.9 Å². The molecule has 1 aliphatic heterocycles. The number of nitrogens with zero attached hydrogens (tertiary/aromatic N) is 1. The maximum atomic E-state index is 4.77. The summed E-state index contributed by atoms with van der Waals surface area (Å²) >= 11 is 0. The minimum absolute atomic E-state index is 0.00164. The maximum Gasteiger partial charge on any atom is 0.123 e. The molecule has 0 saturated carbocycles. The molecule has 3 aromatic carbocycles. The third-order valence-corrected chi connectivity index (χ3v) is 6.23. The van der Waals surface area contributed by atoms with E-state index in [9.17, 15) is 0 Å². The smallest absolute Gasteiger partial charge is 0.123 e. The zero-order valence-electron chi connectivity index (χ0n) is 19.8. The van der Waals surface area contributed by atoms with Gasteiger partial charge in [-0.15, -0.1) is 0 Å². The van der Waals surface area contributed by atoms with Gasteiger partial charge in [-0.3, -0.25) is 0 Å². The number of aromatic amines is 1. The normalized spacial score (nSPS) is 16.0. The Bertz CT molecular complexity index is 1300. The monoisotopic (exact) mass is 424 g/mol. The molecule has 3 N–H and O–H groups in total. The van der Waals surface area contributed by atoms with E-state index in [1.807, 2.05) is 0 Å². The van der Waals surface area contributed by atoms with Crippen LogP contribution in [0, 0.1) is 0 Å². The number of imidazole rings is 1. The number of benzene rings is 3. The van der Waals surface area contributed by atoms with Crippen LogP contribution in [0.2, 0.25) is 0 Å². The third kappa shape index (κ3) is 3.75. The van der Waals surface area contributed by atoms with Gasteiger partial charge in [0.15, 0.2) is 0 Å². The fourth-order valence-electron chi connectivity index (χ4n) is 4.21. The summed E-state index contributed by atoms with van der Waals surface area (Å²) in [4.78, 5) is 8.27. The number of aromatic nitrogens is 2. The van der Waals surface area contributed by atoms with Crippen molar-refractivity contribution in [1.29, 1.82) is 0 Å². The first kappa shape index (κ1) is 20.6. The predicted molar refractivity (Wildman–Crippen MR) is 135 cm³/mol. The highest BCUT2D eigenvalue weighted by atomic mass is 15.2. The molecule has 0 radical (unpaired) electrons. The number of H-pyrrole nitrogens is 1. The van der Waals surface area contributed by atoms with Gasteiger partial charge in [0.25, 0.3) is 0 Å².